The minimum atomic E-state index is -1.89. The summed E-state index contributed by atoms with van der Waals surface area (Å²) in [7, 11) is 0. The lowest BCUT2D eigenvalue weighted by Gasteiger charge is -2.25. The Labute approximate surface area is 86.7 Å². The first-order chi connectivity index (χ1) is 6.81. The highest BCUT2D eigenvalue weighted by Crippen LogP contribution is 2.10. The molecular weight excluding hydrogens is 202 g/mol. The maximum atomic E-state index is 10.8. The maximum Gasteiger partial charge on any atom is 0.344 e. The van der Waals surface area contributed by atoms with Crippen LogP contribution in [0, 0.1) is 0 Å². The second-order valence-corrected chi connectivity index (χ2v) is 3.12. The first-order valence-electron chi connectivity index (χ1n) is 4.22. The third-order valence-electron chi connectivity index (χ3n) is 1.75. The Morgan fingerprint density at radius 2 is 2.00 bits per heavy atom. The summed E-state index contributed by atoms with van der Waals surface area (Å²) >= 11 is 0. The van der Waals surface area contributed by atoms with E-state index in [-0.39, 0.29) is 18.6 Å². The van der Waals surface area contributed by atoms with Crippen molar-refractivity contribution in [2.45, 2.75) is 25.4 Å². The van der Waals surface area contributed by atoms with Crippen molar-refractivity contribution in [1.82, 2.24) is 5.32 Å². The molecule has 0 spiro atoms. The van der Waals surface area contributed by atoms with Gasteiger partial charge in [0.25, 0.3) is 0 Å². The van der Waals surface area contributed by atoms with Crippen molar-refractivity contribution >= 4 is 11.9 Å². The molecule has 0 rings (SSSR count). The minimum Gasteiger partial charge on any atom is -0.511 e. The second kappa shape index (κ2) is 5.20. The highest BCUT2D eigenvalue weighted by atomic mass is 16.4. The molecule has 0 aromatic heterocycles. The molecule has 0 aliphatic heterocycles. The monoisotopic (exact) mass is 217 g/mol. The number of aliphatic hydroxyl groups is 1. The molecule has 7 N–H and O–H groups in total. The summed E-state index contributed by atoms with van der Waals surface area (Å²) in [5.41, 5.74) is 8.54. The Bertz CT molecular complexity index is 290. The third-order valence-corrected chi connectivity index (χ3v) is 1.75. The van der Waals surface area contributed by atoms with Gasteiger partial charge in [-0.3, -0.25) is 10.5 Å². The van der Waals surface area contributed by atoms with E-state index in [1.807, 2.05) is 0 Å². The predicted octanol–water partition coefficient (Wildman–Crippen LogP) is -1.000. The average molecular weight is 217 g/mol. The van der Waals surface area contributed by atoms with Gasteiger partial charge in [0, 0.05) is 26.0 Å². The van der Waals surface area contributed by atoms with Gasteiger partial charge in [0.15, 0.2) is 5.66 Å². The molecule has 0 saturated carbocycles. The van der Waals surface area contributed by atoms with Crippen LogP contribution in [0.15, 0.2) is 12.0 Å². The number of allylic oxidation sites excluding steroid dienone is 1. The van der Waals surface area contributed by atoms with Crippen LogP contribution in [0.1, 0.15) is 19.8 Å². The Kier molecular flexibility index (Phi) is 4.59. The van der Waals surface area contributed by atoms with Crippen LogP contribution in [0.5, 0.6) is 0 Å². The first kappa shape index (κ1) is 13.2. The maximum absolute atomic E-state index is 10.8. The molecule has 0 aromatic carbocycles. The highest BCUT2D eigenvalue weighted by Gasteiger charge is 2.34. The van der Waals surface area contributed by atoms with Crippen LogP contribution >= 0.6 is 0 Å². The Balaban J connectivity index is 4.52. The molecule has 7 nitrogen and oxygen atoms in total. The third kappa shape index (κ3) is 4.32. The zero-order chi connectivity index (χ0) is 12.1. The van der Waals surface area contributed by atoms with E-state index >= 15 is 0 Å². The molecule has 86 valence electrons. The molecule has 0 aliphatic rings. The van der Waals surface area contributed by atoms with Crippen molar-refractivity contribution in [1.29, 1.82) is 0 Å². The normalized spacial score (nSPS) is 15.5. The quantitative estimate of drug-likeness (QED) is 0.295. The number of aliphatic hydroxyl groups excluding tert-OH is 1. The average Bonchev–Trinajstić information content (AvgIpc) is 2.12. The Morgan fingerprint density at radius 1 is 1.47 bits per heavy atom. The second-order valence-electron chi connectivity index (χ2n) is 3.12. The fraction of sp³-hybridized carbons (Fsp3) is 0.500. The summed E-state index contributed by atoms with van der Waals surface area (Å²) in [6.45, 7) is 1.16. The molecular formula is C8H15N3O4. The molecule has 0 aromatic rings. The first-order valence-corrected chi connectivity index (χ1v) is 4.22. The van der Waals surface area contributed by atoms with Crippen LogP contribution in [-0.4, -0.2) is 27.8 Å². The van der Waals surface area contributed by atoms with Crippen LogP contribution < -0.4 is 16.8 Å². The summed E-state index contributed by atoms with van der Waals surface area (Å²) in [6.07, 6.45) is 0.761. The molecule has 0 fully saturated rings. The van der Waals surface area contributed by atoms with Gasteiger partial charge in [-0.25, -0.2) is 4.79 Å². The van der Waals surface area contributed by atoms with E-state index < -0.39 is 17.5 Å². The van der Waals surface area contributed by atoms with Gasteiger partial charge < -0.3 is 21.3 Å². The summed E-state index contributed by atoms with van der Waals surface area (Å²) in [5.74, 6) is -2.12. The number of amides is 1. The van der Waals surface area contributed by atoms with Crippen molar-refractivity contribution in [2.24, 2.45) is 11.5 Å². The largest absolute Gasteiger partial charge is 0.511 e. The summed E-state index contributed by atoms with van der Waals surface area (Å²) in [4.78, 5) is 21.5. The van der Waals surface area contributed by atoms with Crippen molar-refractivity contribution in [3.05, 3.63) is 12.0 Å². The van der Waals surface area contributed by atoms with Crippen molar-refractivity contribution in [3.63, 3.8) is 0 Å². The molecule has 0 bridgehead atoms. The van der Waals surface area contributed by atoms with Gasteiger partial charge >= 0.3 is 5.97 Å². The van der Waals surface area contributed by atoms with Gasteiger partial charge in [0.1, 0.15) is 5.76 Å². The fourth-order valence-corrected chi connectivity index (χ4v) is 0.946. The van der Waals surface area contributed by atoms with E-state index in [0.29, 0.717) is 0 Å². The van der Waals surface area contributed by atoms with Crippen LogP contribution in [0.4, 0.5) is 0 Å². The molecule has 0 radical (unpaired) electrons. The molecule has 0 heterocycles. The molecule has 0 saturated heterocycles. The van der Waals surface area contributed by atoms with Gasteiger partial charge in [0.2, 0.25) is 5.91 Å². The van der Waals surface area contributed by atoms with E-state index in [1.165, 1.54) is 0 Å². The molecule has 7 heteroatoms. The van der Waals surface area contributed by atoms with Crippen LogP contribution in [0.3, 0.4) is 0 Å². The summed E-state index contributed by atoms with van der Waals surface area (Å²) < 4.78 is 0. The van der Waals surface area contributed by atoms with E-state index in [0.717, 1.165) is 13.1 Å². The van der Waals surface area contributed by atoms with Crippen molar-refractivity contribution in [3.8, 4) is 0 Å². The van der Waals surface area contributed by atoms with Gasteiger partial charge in [-0.1, -0.05) is 0 Å². The zero-order valence-corrected chi connectivity index (χ0v) is 8.36. The number of nitrogens with one attached hydrogen (secondary N) is 1. The van der Waals surface area contributed by atoms with Gasteiger partial charge in [-0.15, -0.1) is 0 Å². The van der Waals surface area contributed by atoms with Crippen LogP contribution in [0.25, 0.3) is 0 Å². The summed E-state index contributed by atoms with van der Waals surface area (Å²) in [5, 5.41) is 19.9. The van der Waals surface area contributed by atoms with Gasteiger partial charge in [-0.05, 0) is 0 Å². The van der Waals surface area contributed by atoms with E-state index in [4.69, 9.17) is 21.7 Å². The lowest BCUT2D eigenvalue weighted by Crippen LogP contribution is -2.61. The van der Waals surface area contributed by atoms with Gasteiger partial charge in [0.05, 0.1) is 0 Å². The lowest BCUT2D eigenvalue weighted by molar-refractivity contribution is -0.147. The van der Waals surface area contributed by atoms with E-state index in [9.17, 15) is 9.59 Å². The number of carboxylic acid groups (broad SMARTS) is 1. The Morgan fingerprint density at radius 3 is 2.33 bits per heavy atom. The number of carbonyl (C=O) groups excluding carboxylic acids is 1. The van der Waals surface area contributed by atoms with E-state index in [1.54, 1.807) is 0 Å². The number of hydrogen-bond acceptors (Lipinski definition) is 5. The number of nitrogens with two attached hydrogens (primary N) is 2. The van der Waals surface area contributed by atoms with Crippen LogP contribution in [-0.2, 0) is 9.59 Å². The van der Waals surface area contributed by atoms with Crippen LogP contribution in [0.2, 0.25) is 0 Å². The highest BCUT2D eigenvalue weighted by molar-refractivity contribution is 5.85. The molecule has 15 heavy (non-hydrogen) atoms. The number of rotatable bonds is 5. The SMILES string of the molecule is CC(=O)NC(N)(CC/C(O)=C/N)C(=O)O. The zero-order valence-electron chi connectivity index (χ0n) is 8.36. The molecule has 1 unspecified atom stereocenters. The van der Waals surface area contributed by atoms with Crippen molar-refractivity contribution in [2.75, 3.05) is 0 Å². The Hall–Kier alpha value is -1.76. The lowest BCUT2D eigenvalue weighted by atomic mass is 10.0. The van der Waals surface area contributed by atoms with E-state index in [2.05, 4.69) is 5.32 Å². The number of hydrogen-bond donors (Lipinski definition) is 5. The molecule has 1 amide bonds. The fourth-order valence-electron chi connectivity index (χ4n) is 0.946. The van der Waals surface area contributed by atoms with Gasteiger partial charge in [-0.2, -0.15) is 0 Å². The summed E-state index contributed by atoms with van der Waals surface area (Å²) in [6, 6.07) is 0. The standard InChI is InChI=1S/C8H15N3O4/c1-5(12)11-8(10,7(14)15)3-2-6(13)4-9/h4,13H,2-3,9-10H2,1H3,(H,11,12)(H,14,15)/b6-4-. The minimum absolute atomic E-state index is 0.0282. The smallest absolute Gasteiger partial charge is 0.344 e. The molecule has 0 aliphatic carbocycles. The number of aliphatic carboxylic acids is 1. The predicted molar refractivity (Wildman–Crippen MR) is 52.5 cm³/mol. The molecule has 1 atom stereocenters. The topological polar surface area (TPSA) is 139 Å². The van der Waals surface area contributed by atoms with Crippen molar-refractivity contribution < 1.29 is 19.8 Å². The number of carboxylic acids is 1. The number of carbonyl (C=O) groups is 2.